The number of carbonyl (C=O) groups is 2. The molecule has 1 heterocycles. The second kappa shape index (κ2) is 8.38. The molecule has 126 valence electrons. The van der Waals surface area contributed by atoms with Crippen LogP contribution in [0.2, 0.25) is 0 Å². The zero-order valence-electron chi connectivity index (χ0n) is 13.2. The van der Waals surface area contributed by atoms with E-state index < -0.39 is 5.91 Å². The Labute approximate surface area is 135 Å². The second-order valence-electron chi connectivity index (χ2n) is 5.36. The van der Waals surface area contributed by atoms with Crippen molar-refractivity contribution in [2.45, 2.75) is 31.9 Å². The van der Waals surface area contributed by atoms with Crippen molar-refractivity contribution in [1.29, 1.82) is 0 Å². The number of primary amides is 1. The smallest absolute Gasteiger partial charge is 0.255 e. The van der Waals surface area contributed by atoms with Crippen LogP contribution in [0.4, 0.5) is 0 Å². The van der Waals surface area contributed by atoms with E-state index in [0.717, 1.165) is 25.0 Å². The first-order valence-electron chi connectivity index (χ1n) is 7.55. The van der Waals surface area contributed by atoms with Crippen molar-refractivity contribution in [2.75, 3.05) is 20.3 Å². The van der Waals surface area contributed by atoms with E-state index in [1.165, 1.54) is 7.11 Å². The van der Waals surface area contributed by atoms with Gasteiger partial charge in [-0.25, -0.2) is 0 Å². The number of amides is 2. The number of nitrogens with two attached hydrogens (primary N) is 1. The van der Waals surface area contributed by atoms with Crippen LogP contribution >= 0.6 is 0 Å². The lowest BCUT2D eigenvalue weighted by Crippen LogP contribution is -2.26. The maximum Gasteiger partial charge on any atom is 0.255 e. The molecule has 1 atom stereocenters. The zero-order valence-corrected chi connectivity index (χ0v) is 13.2. The summed E-state index contributed by atoms with van der Waals surface area (Å²) < 4.78 is 15.9. The molecule has 0 spiro atoms. The van der Waals surface area contributed by atoms with Gasteiger partial charge in [0.2, 0.25) is 5.91 Å². The van der Waals surface area contributed by atoms with Crippen LogP contribution in [0.15, 0.2) is 18.2 Å². The Hall–Kier alpha value is -2.28. The standard InChI is InChI=1S/C16H22N2O5/c1-21-14-7-11(4-5-13(14)23-10-15(17)19)9-18-16(20)8-12-3-2-6-22-12/h4-5,7,12H,2-3,6,8-10H2,1H3,(H2,17,19)(H,18,20). The summed E-state index contributed by atoms with van der Waals surface area (Å²) in [5.74, 6) is 0.320. The van der Waals surface area contributed by atoms with Gasteiger partial charge in [0.15, 0.2) is 18.1 Å². The number of carbonyl (C=O) groups excluding carboxylic acids is 2. The van der Waals surface area contributed by atoms with E-state index >= 15 is 0 Å². The van der Waals surface area contributed by atoms with Gasteiger partial charge in [0.05, 0.1) is 19.6 Å². The molecule has 0 bridgehead atoms. The minimum absolute atomic E-state index is 0.0362. The molecule has 0 aromatic heterocycles. The lowest BCUT2D eigenvalue weighted by Gasteiger charge is -2.13. The highest BCUT2D eigenvalue weighted by molar-refractivity contribution is 5.76. The number of ether oxygens (including phenoxy) is 3. The van der Waals surface area contributed by atoms with Crippen molar-refractivity contribution < 1.29 is 23.8 Å². The molecule has 3 N–H and O–H groups in total. The topological polar surface area (TPSA) is 99.9 Å². The maximum absolute atomic E-state index is 11.9. The normalized spacial score (nSPS) is 16.8. The summed E-state index contributed by atoms with van der Waals surface area (Å²) in [7, 11) is 1.51. The zero-order chi connectivity index (χ0) is 16.7. The van der Waals surface area contributed by atoms with E-state index in [2.05, 4.69) is 5.32 Å². The SMILES string of the molecule is COc1cc(CNC(=O)CC2CCCO2)ccc1OCC(N)=O. The third kappa shape index (κ3) is 5.45. The van der Waals surface area contributed by atoms with Gasteiger partial charge in [-0.05, 0) is 30.5 Å². The first-order valence-corrected chi connectivity index (χ1v) is 7.55. The third-order valence-electron chi connectivity index (χ3n) is 3.52. The van der Waals surface area contributed by atoms with Crippen LogP contribution in [0.1, 0.15) is 24.8 Å². The molecule has 1 aliphatic rings. The van der Waals surface area contributed by atoms with Gasteiger partial charge in [-0.1, -0.05) is 6.07 Å². The Kier molecular flexibility index (Phi) is 6.22. The maximum atomic E-state index is 11.9. The van der Waals surface area contributed by atoms with E-state index in [9.17, 15) is 9.59 Å². The molecule has 1 aliphatic heterocycles. The summed E-state index contributed by atoms with van der Waals surface area (Å²) in [5, 5.41) is 2.86. The molecule has 1 aromatic carbocycles. The molecule has 7 nitrogen and oxygen atoms in total. The summed E-state index contributed by atoms with van der Waals surface area (Å²) in [5.41, 5.74) is 5.92. The van der Waals surface area contributed by atoms with Crippen LogP contribution < -0.4 is 20.5 Å². The van der Waals surface area contributed by atoms with Gasteiger partial charge in [-0.2, -0.15) is 0 Å². The minimum atomic E-state index is -0.558. The van der Waals surface area contributed by atoms with Crippen molar-refractivity contribution in [2.24, 2.45) is 5.73 Å². The highest BCUT2D eigenvalue weighted by Crippen LogP contribution is 2.28. The van der Waals surface area contributed by atoms with Crippen molar-refractivity contribution in [3.63, 3.8) is 0 Å². The Bertz CT molecular complexity index is 555. The van der Waals surface area contributed by atoms with Crippen molar-refractivity contribution >= 4 is 11.8 Å². The summed E-state index contributed by atoms with van der Waals surface area (Å²) in [6.45, 7) is 0.910. The number of rotatable bonds is 8. The van der Waals surface area contributed by atoms with Crippen LogP contribution in [0.25, 0.3) is 0 Å². The Morgan fingerprint density at radius 2 is 2.22 bits per heavy atom. The fraction of sp³-hybridized carbons (Fsp3) is 0.500. The lowest BCUT2D eigenvalue weighted by molar-refractivity contribution is -0.123. The molecule has 0 aliphatic carbocycles. The van der Waals surface area contributed by atoms with E-state index in [0.29, 0.717) is 24.5 Å². The predicted molar refractivity (Wildman–Crippen MR) is 83.1 cm³/mol. The number of hydrogen-bond acceptors (Lipinski definition) is 5. The molecule has 2 rings (SSSR count). The van der Waals surface area contributed by atoms with Gasteiger partial charge in [-0.15, -0.1) is 0 Å². The van der Waals surface area contributed by atoms with E-state index in [4.69, 9.17) is 19.9 Å². The molecule has 0 radical (unpaired) electrons. The van der Waals surface area contributed by atoms with Crippen LogP contribution in [0.3, 0.4) is 0 Å². The molecule has 1 aromatic rings. The molecule has 1 unspecified atom stereocenters. The molecule has 1 fully saturated rings. The van der Waals surface area contributed by atoms with Crippen molar-refractivity contribution in [3.05, 3.63) is 23.8 Å². The van der Waals surface area contributed by atoms with Gasteiger partial charge < -0.3 is 25.3 Å². The quantitative estimate of drug-likeness (QED) is 0.735. The molecule has 7 heteroatoms. The van der Waals surface area contributed by atoms with Crippen LogP contribution in [0, 0.1) is 0 Å². The van der Waals surface area contributed by atoms with Gasteiger partial charge in [0.1, 0.15) is 0 Å². The molecule has 2 amide bonds. The van der Waals surface area contributed by atoms with Gasteiger partial charge in [0, 0.05) is 13.2 Å². The second-order valence-corrected chi connectivity index (χ2v) is 5.36. The molecular formula is C16H22N2O5. The monoisotopic (exact) mass is 322 g/mol. The highest BCUT2D eigenvalue weighted by atomic mass is 16.5. The molecule has 1 saturated heterocycles. The summed E-state index contributed by atoms with van der Waals surface area (Å²) in [6.07, 6.45) is 2.38. The number of hydrogen-bond donors (Lipinski definition) is 2. The largest absolute Gasteiger partial charge is 0.493 e. The first-order chi connectivity index (χ1) is 11.1. The average molecular weight is 322 g/mol. The van der Waals surface area contributed by atoms with Crippen LogP contribution in [-0.2, 0) is 20.9 Å². The van der Waals surface area contributed by atoms with Crippen molar-refractivity contribution in [1.82, 2.24) is 5.32 Å². The predicted octanol–water partition coefficient (Wildman–Crippen LogP) is 0.745. The summed E-state index contributed by atoms with van der Waals surface area (Å²) in [6, 6.07) is 5.23. The van der Waals surface area contributed by atoms with Crippen LogP contribution in [0.5, 0.6) is 11.5 Å². The van der Waals surface area contributed by atoms with Gasteiger partial charge >= 0.3 is 0 Å². The van der Waals surface area contributed by atoms with E-state index in [1.54, 1.807) is 18.2 Å². The van der Waals surface area contributed by atoms with Crippen LogP contribution in [-0.4, -0.2) is 38.2 Å². The van der Waals surface area contributed by atoms with Crippen molar-refractivity contribution in [3.8, 4) is 11.5 Å². The minimum Gasteiger partial charge on any atom is -0.493 e. The molecular weight excluding hydrogens is 300 g/mol. The Morgan fingerprint density at radius 1 is 1.39 bits per heavy atom. The first kappa shape index (κ1) is 17.1. The Balaban J connectivity index is 1.86. The summed E-state index contributed by atoms with van der Waals surface area (Å²) in [4.78, 5) is 22.6. The number of methoxy groups -OCH3 is 1. The molecule has 23 heavy (non-hydrogen) atoms. The Morgan fingerprint density at radius 3 is 2.87 bits per heavy atom. The fourth-order valence-electron chi connectivity index (χ4n) is 2.38. The third-order valence-corrected chi connectivity index (χ3v) is 3.52. The lowest BCUT2D eigenvalue weighted by atomic mass is 10.1. The number of benzene rings is 1. The van der Waals surface area contributed by atoms with Gasteiger partial charge in [0.25, 0.3) is 5.91 Å². The summed E-state index contributed by atoms with van der Waals surface area (Å²) >= 11 is 0. The van der Waals surface area contributed by atoms with E-state index in [1.807, 2.05) is 0 Å². The highest BCUT2D eigenvalue weighted by Gasteiger charge is 2.18. The molecule has 0 saturated carbocycles. The van der Waals surface area contributed by atoms with Gasteiger partial charge in [-0.3, -0.25) is 9.59 Å². The fourth-order valence-corrected chi connectivity index (χ4v) is 2.38. The average Bonchev–Trinajstić information content (AvgIpc) is 3.04. The van der Waals surface area contributed by atoms with E-state index in [-0.39, 0.29) is 18.6 Å². The number of nitrogens with one attached hydrogen (secondary N) is 1.